The molecule has 1 fully saturated rings. The zero-order valence-corrected chi connectivity index (χ0v) is 10.9. The van der Waals surface area contributed by atoms with Crippen LogP contribution in [0, 0.1) is 0 Å². The number of benzene rings is 1. The van der Waals surface area contributed by atoms with Crippen LogP contribution < -0.4 is 0 Å². The summed E-state index contributed by atoms with van der Waals surface area (Å²) in [6.07, 6.45) is 4.47. The fraction of sp³-hybridized carbons (Fsp3) is 0.500. The summed E-state index contributed by atoms with van der Waals surface area (Å²) in [6, 6.07) is 7.69. The second-order valence-electron chi connectivity index (χ2n) is 4.54. The summed E-state index contributed by atoms with van der Waals surface area (Å²) in [5, 5.41) is 0.554. The van der Waals surface area contributed by atoms with Gasteiger partial charge in [-0.2, -0.15) is 0 Å². The molecule has 0 bridgehead atoms. The fourth-order valence-corrected chi connectivity index (χ4v) is 2.70. The van der Waals surface area contributed by atoms with E-state index < -0.39 is 0 Å². The summed E-state index contributed by atoms with van der Waals surface area (Å²) in [5.74, 6) is 0.0853. The number of nitrogens with zero attached hydrogens (tertiary/aromatic N) is 1. The molecule has 0 N–H and O–H groups in total. The van der Waals surface area contributed by atoms with E-state index in [0.717, 1.165) is 25.8 Å². The van der Waals surface area contributed by atoms with Crippen molar-refractivity contribution in [2.45, 2.75) is 38.6 Å². The van der Waals surface area contributed by atoms with Crippen LogP contribution in [-0.2, 0) is 0 Å². The second kappa shape index (κ2) is 5.54. The molecule has 1 unspecified atom stereocenters. The van der Waals surface area contributed by atoms with E-state index in [1.165, 1.54) is 6.42 Å². The quantitative estimate of drug-likeness (QED) is 0.784. The first-order valence-electron chi connectivity index (χ1n) is 6.29. The molecule has 1 aliphatic heterocycles. The number of likely N-dealkylation sites (tertiary alicyclic amines) is 1. The number of halogens is 1. The molecule has 1 aromatic rings. The maximum Gasteiger partial charge on any atom is 0.255 e. The van der Waals surface area contributed by atoms with Crippen molar-refractivity contribution in [3.63, 3.8) is 0 Å². The highest BCUT2D eigenvalue weighted by atomic mass is 35.5. The zero-order chi connectivity index (χ0) is 12.3. The smallest absolute Gasteiger partial charge is 0.255 e. The van der Waals surface area contributed by atoms with Gasteiger partial charge in [0.1, 0.15) is 0 Å². The molecule has 2 nitrogen and oxygen atoms in total. The van der Waals surface area contributed by atoms with Crippen molar-refractivity contribution in [3.05, 3.63) is 34.9 Å². The molecule has 0 aliphatic carbocycles. The Kier molecular flexibility index (Phi) is 4.06. The van der Waals surface area contributed by atoms with Gasteiger partial charge in [-0.15, -0.1) is 0 Å². The van der Waals surface area contributed by atoms with Gasteiger partial charge in [-0.05, 0) is 37.8 Å². The van der Waals surface area contributed by atoms with E-state index in [-0.39, 0.29) is 5.91 Å². The summed E-state index contributed by atoms with van der Waals surface area (Å²) in [7, 11) is 0. The molecule has 1 atom stereocenters. The maximum absolute atomic E-state index is 12.4. The summed E-state index contributed by atoms with van der Waals surface area (Å²) in [6.45, 7) is 3.01. The first-order chi connectivity index (χ1) is 8.24. The third-order valence-corrected chi connectivity index (χ3v) is 3.79. The Balaban J connectivity index is 2.21. The number of carbonyl (C=O) groups is 1. The normalized spacial score (nSPS) is 20.4. The van der Waals surface area contributed by atoms with Crippen molar-refractivity contribution in [3.8, 4) is 0 Å². The van der Waals surface area contributed by atoms with Gasteiger partial charge in [-0.1, -0.05) is 30.7 Å². The number of amides is 1. The minimum Gasteiger partial charge on any atom is -0.336 e. The molecular formula is C14H18ClNO. The van der Waals surface area contributed by atoms with Gasteiger partial charge in [-0.3, -0.25) is 4.79 Å². The Labute approximate surface area is 108 Å². The molecule has 17 heavy (non-hydrogen) atoms. The molecule has 0 aromatic heterocycles. The van der Waals surface area contributed by atoms with Crippen molar-refractivity contribution < 1.29 is 4.79 Å². The van der Waals surface area contributed by atoms with Gasteiger partial charge in [0.05, 0.1) is 10.6 Å². The summed E-state index contributed by atoms with van der Waals surface area (Å²) in [4.78, 5) is 14.4. The maximum atomic E-state index is 12.4. The highest BCUT2D eigenvalue weighted by Crippen LogP contribution is 2.24. The molecule has 1 aromatic carbocycles. The van der Waals surface area contributed by atoms with Crippen molar-refractivity contribution >= 4 is 17.5 Å². The third-order valence-electron chi connectivity index (χ3n) is 3.46. The monoisotopic (exact) mass is 251 g/mol. The average molecular weight is 252 g/mol. The van der Waals surface area contributed by atoms with Crippen LogP contribution in [0.25, 0.3) is 0 Å². The van der Waals surface area contributed by atoms with Crippen LogP contribution in [0.3, 0.4) is 0 Å². The van der Waals surface area contributed by atoms with E-state index in [1.54, 1.807) is 6.07 Å². The second-order valence-corrected chi connectivity index (χ2v) is 4.94. The van der Waals surface area contributed by atoms with Gasteiger partial charge in [0, 0.05) is 12.6 Å². The molecule has 0 radical (unpaired) electrons. The van der Waals surface area contributed by atoms with E-state index in [4.69, 9.17) is 11.6 Å². The first-order valence-corrected chi connectivity index (χ1v) is 6.67. The number of hydrogen-bond acceptors (Lipinski definition) is 1. The molecule has 1 heterocycles. The number of hydrogen-bond donors (Lipinski definition) is 0. The number of piperidine rings is 1. The Morgan fingerprint density at radius 3 is 2.88 bits per heavy atom. The van der Waals surface area contributed by atoms with Crippen LogP contribution in [0.5, 0.6) is 0 Å². The Hall–Kier alpha value is -1.02. The molecular weight excluding hydrogens is 234 g/mol. The molecule has 0 spiro atoms. The highest BCUT2D eigenvalue weighted by molar-refractivity contribution is 6.33. The predicted octanol–water partition coefficient (Wildman–Crippen LogP) is 3.74. The highest BCUT2D eigenvalue weighted by Gasteiger charge is 2.26. The largest absolute Gasteiger partial charge is 0.336 e. The predicted molar refractivity (Wildman–Crippen MR) is 70.4 cm³/mol. The Morgan fingerprint density at radius 1 is 1.41 bits per heavy atom. The summed E-state index contributed by atoms with van der Waals surface area (Å²) in [5.41, 5.74) is 0.634. The number of rotatable bonds is 2. The third kappa shape index (κ3) is 2.63. The molecule has 1 aliphatic rings. The van der Waals surface area contributed by atoms with Crippen molar-refractivity contribution in [1.29, 1.82) is 0 Å². The van der Waals surface area contributed by atoms with E-state index in [9.17, 15) is 4.79 Å². The minimum atomic E-state index is 0.0853. The molecule has 0 saturated carbocycles. The summed E-state index contributed by atoms with van der Waals surface area (Å²) < 4.78 is 0. The van der Waals surface area contributed by atoms with Crippen molar-refractivity contribution in [1.82, 2.24) is 4.90 Å². The van der Waals surface area contributed by atoms with E-state index in [0.29, 0.717) is 16.6 Å². The Morgan fingerprint density at radius 2 is 2.18 bits per heavy atom. The lowest BCUT2D eigenvalue weighted by Crippen LogP contribution is -2.43. The topological polar surface area (TPSA) is 20.3 Å². The van der Waals surface area contributed by atoms with Gasteiger partial charge in [0.25, 0.3) is 5.91 Å². The number of carbonyl (C=O) groups excluding carboxylic acids is 1. The molecule has 92 valence electrons. The van der Waals surface area contributed by atoms with E-state index in [2.05, 4.69) is 6.92 Å². The van der Waals surface area contributed by atoms with Gasteiger partial charge < -0.3 is 4.90 Å². The van der Waals surface area contributed by atoms with E-state index >= 15 is 0 Å². The molecule has 1 saturated heterocycles. The van der Waals surface area contributed by atoms with Gasteiger partial charge in [0.2, 0.25) is 0 Å². The molecule has 2 rings (SSSR count). The van der Waals surface area contributed by atoms with Crippen LogP contribution >= 0.6 is 11.6 Å². The molecule has 1 amide bonds. The fourth-order valence-electron chi connectivity index (χ4n) is 2.48. The lowest BCUT2D eigenvalue weighted by molar-refractivity contribution is 0.0608. The summed E-state index contributed by atoms with van der Waals surface area (Å²) >= 11 is 6.08. The van der Waals surface area contributed by atoms with E-state index in [1.807, 2.05) is 23.1 Å². The van der Waals surface area contributed by atoms with Crippen LogP contribution in [0.1, 0.15) is 43.0 Å². The van der Waals surface area contributed by atoms with Gasteiger partial charge in [0.15, 0.2) is 0 Å². The molecule has 3 heteroatoms. The van der Waals surface area contributed by atoms with Crippen LogP contribution in [0.4, 0.5) is 0 Å². The lowest BCUT2D eigenvalue weighted by atomic mass is 9.99. The Bertz CT molecular complexity index is 405. The minimum absolute atomic E-state index is 0.0853. The standard InChI is InChI=1S/C14H18ClNO/c1-2-11-7-5-6-10-16(11)14(17)12-8-3-4-9-13(12)15/h3-4,8-9,11H,2,5-7,10H2,1H3. The van der Waals surface area contributed by atoms with Crippen molar-refractivity contribution in [2.75, 3.05) is 6.54 Å². The van der Waals surface area contributed by atoms with Crippen LogP contribution in [-0.4, -0.2) is 23.4 Å². The first kappa shape index (κ1) is 12.4. The van der Waals surface area contributed by atoms with Crippen LogP contribution in [0.2, 0.25) is 5.02 Å². The zero-order valence-electron chi connectivity index (χ0n) is 10.2. The van der Waals surface area contributed by atoms with Gasteiger partial charge in [-0.25, -0.2) is 0 Å². The van der Waals surface area contributed by atoms with Gasteiger partial charge >= 0.3 is 0 Å². The SMILES string of the molecule is CCC1CCCCN1C(=O)c1ccccc1Cl. The lowest BCUT2D eigenvalue weighted by Gasteiger charge is -2.35. The average Bonchev–Trinajstić information content (AvgIpc) is 2.38. The van der Waals surface area contributed by atoms with Crippen LogP contribution in [0.15, 0.2) is 24.3 Å². The van der Waals surface area contributed by atoms with Crippen molar-refractivity contribution in [2.24, 2.45) is 0 Å².